The molecule has 0 heterocycles. The van der Waals surface area contributed by atoms with E-state index >= 15 is 0 Å². The van der Waals surface area contributed by atoms with Gasteiger partial charge in [0.1, 0.15) is 0 Å². The first-order chi connectivity index (χ1) is 22.3. The summed E-state index contributed by atoms with van der Waals surface area (Å²) in [6, 6.07) is 0. The second-order valence-corrected chi connectivity index (χ2v) is 33.6. The van der Waals surface area contributed by atoms with Gasteiger partial charge in [-0.1, -0.05) is 120 Å². The van der Waals surface area contributed by atoms with Gasteiger partial charge >= 0.3 is 35.3 Å². The van der Waals surface area contributed by atoms with E-state index in [0.717, 1.165) is 0 Å². The van der Waals surface area contributed by atoms with Gasteiger partial charge in [0.05, 0.1) is 55.5 Å². The van der Waals surface area contributed by atoms with E-state index in [1.807, 2.05) is 0 Å². The van der Waals surface area contributed by atoms with Crippen molar-refractivity contribution in [1.29, 1.82) is 0 Å². The molecule has 3 nitrogen and oxygen atoms in total. The summed E-state index contributed by atoms with van der Waals surface area (Å²) >= 11 is 0. The molecule has 0 saturated carbocycles. The fourth-order valence-corrected chi connectivity index (χ4v) is 17.6. The Kier molecular flexibility index (Phi) is 40.3. The first-order valence-corrected chi connectivity index (χ1v) is 32.3. The van der Waals surface area contributed by atoms with Crippen LogP contribution in [0.4, 0.5) is 0 Å². The van der Waals surface area contributed by atoms with Crippen LogP contribution < -0.4 is 14.7 Å². The summed E-state index contributed by atoms with van der Waals surface area (Å²) in [6.07, 6.45) is 39.7. The third kappa shape index (κ3) is 47.6. The van der Waals surface area contributed by atoms with Crippen LogP contribution in [0.2, 0.25) is 0 Å². The Morgan fingerprint density at radius 1 is 0.292 bits per heavy atom. The van der Waals surface area contributed by atoms with Gasteiger partial charge < -0.3 is 0 Å². The zero-order valence-electron chi connectivity index (χ0n) is 36.1. The van der Waals surface area contributed by atoms with E-state index in [4.69, 9.17) is 0 Å². The van der Waals surface area contributed by atoms with E-state index in [9.17, 15) is 14.7 Å². The van der Waals surface area contributed by atoms with Crippen molar-refractivity contribution in [3.05, 3.63) is 0 Å². The van der Waals surface area contributed by atoms with E-state index < -0.39 is 29.1 Å². The van der Waals surface area contributed by atoms with Crippen LogP contribution in [0.1, 0.15) is 178 Å². The molecule has 0 atom stereocenters. The molecule has 0 unspecified atom stereocenters. The number of hydrogen-bond donors (Lipinski definition) is 0. The summed E-state index contributed by atoms with van der Waals surface area (Å²) in [5.74, 6) is 0. The molecule has 0 spiro atoms. The Hall–Kier alpha value is 1.60. The van der Waals surface area contributed by atoms with Gasteiger partial charge in [0.15, 0.2) is 0 Å². The molecular weight excluding hydrogens is 664 g/mol. The Bertz CT molecular complexity index is 496. The van der Waals surface area contributed by atoms with Crippen LogP contribution in [0, 0.1) is 0 Å². The average molecular weight is 761 g/mol. The van der Waals surface area contributed by atoms with Crippen LogP contribution in [0.3, 0.4) is 0 Å². The SMILES string of the molecule is CCCC[P+](C)(CCCC)CCCC.CCCC[P+](C)(CCCC)CCCC.CCCC[P+](C)(CCCC)CCCC.CP(C)([O-])([O-])[O-]. The van der Waals surface area contributed by atoms with Crippen molar-refractivity contribution in [1.82, 2.24) is 0 Å². The third-order valence-corrected chi connectivity index (χ3v) is 22.0. The molecule has 48 heavy (non-hydrogen) atoms. The average Bonchev–Trinajstić information content (AvgIpc) is 3.03. The van der Waals surface area contributed by atoms with E-state index in [1.165, 1.54) is 116 Å². The first kappa shape index (κ1) is 56.3. The molecule has 0 N–H and O–H groups in total. The second kappa shape index (κ2) is 34.4. The predicted molar refractivity (Wildman–Crippen MR) is 235 cm³/mol. The van der Waals surface area contributed by atoms with Crippen molar-refractivity contribution < 1.29 is 14.7 Å². The van der Waals surface area contributed by atoms with Gasteiger partial charge in [0.25, 0.3) is 0 Å². The molecule has 7 heteroatoms. The molecule has 0 fully saturated rings. The molecule has 0 aliphatic heterocycles. The number of rotatable bonds is 27. The van der Waals surface area contributed by atoms with Crippen LogP contribution in [0.15, 0.2) is 0 Å². The normalized spacial score (nSPS) is 12.9. The zero-order valence-corrected chi connectivity index (χ0v) is 39.7. The quantitative estimate of drug-likeness (QED) is 0.0783. The summed E-state index contributed by atoms with van der Waals surface area (Å²) in [6.45, 7) is 30.1. The molecule has 298 valence electrons. The molecule has 0 aromatic rings. The molecule has 0 aliphatic rings. The molecular formula is C41H96O3P4. The summed E-state index contributed by atoms with van der Waals surface area (Å²) in [4.78, 5) is 29.1. The monoisotopic (exact) mass is 761 g/mol. The molecule has 0 aromatic carbocycles. The summed E-state index contributed by atoms with van der Waals surface area (Å²) in [7, 11) is -6.36. The summed E-state index contributed by atoms with van der Waals surface area (Å²) in [5.41, 5.74) is 0. The van der Waals surface area contributed by atoms with Crippen molar-refractivity contribution in [3.8, 4) is 0 Å². The molecule has 0 radical (unpaired) electrons. The standard InChI is InChI=1S/3C13H30P.C2H6O3P/c3*1-5-8-11-14(4,12-9-6-2)13-10-7-3;1-6(2,3,4)5/h3*5-13H2,1-4H3;1-2H3/q3*+1;-3. The Morgan fingerprint density at radius 2 is 0.375 bits per heavy atom. The van der Waals surface area contributed by atoms with Crippen molar-refractivity contribution in [2.75, 3.05) is 88.8 Å². The van der Waals surface area contributed by atoms with Gasteiger partial charge in [0, 0.05) is 41.8 Å². The zero-order chi connectivity index (χ0) is 38.0. The van der Waals surface area contributed by atoms with Crippen molar-refractivity contribution in [3.63, 3.8) is 0 Å². The minimum absolute atomic E-state index is 0.519. The van der Waals surface area contributed by atoms with Gasteiger partial charge in [0.2, 0.25) is 0 Å². The van der Waals surface area contributed by atoms with Crippen LogP contribution >= 0.6 is 29.1 Å². The van der Waals surface area contributed by atoms with Crippen molar-refractivity contribution >= 4 is 29.1 Å². The van der Waals surface area contributed by atoms with E-state index in [2.05, 4.69) is 82.3 Å². The minimum atomic E-state index is -4.80. The van der Waals surface area contributed by atoms with Gasteiger partial charge in [-0.15, -0.1) is 0 Å². The molecule has 0 saturated heterocycles. The summed E-state index contributed by atoms with van der Waals surface area (Å²) < 4.78 is 0. The topological polar surface area (TPSA) is 69.2 Å². The van der Waals surface area contributed by atoms with E-state index in [-0.39, 0.29) is 0 Å². The van der Waals surface area contributed by atoms with Crippen LogP contribution in [-0.2, 0) is 0 Å². The second-order valence-electron chi connectivity index (χ2n) is 16.3. The Morgan fingerprint density at radius 3 is 0.438 bits per heavy atom. The Balaban J connectivity index is -0.000000279. The molecule has 0 rings (SSSR count). The van der Waals surface area contributed by atoms with E-state index in [0.29, 0.717) is 13.3 Å². The van der Waals surface area contributed by atoms with Crippen LogP contribution in [-0.4, -0.2) is 88.8 Å². The fraction of sp³-hybridized carbons (Fsp3) is 1.00. The van der Waals surface area contributed by atoms with Crippen LogP contribution in [0.5, 0.6) is 0 Å². The number of unbranched alkanes of at least 4 members (excludes halogenated alkanes) is 9. The molecule has 0 bridgehead atoms. The molecule has 0 amide bonds. The van der Waals surface area contributed by atoms with Gasteiger partial charge in [-0.3, -0.25) is 0 Å². The molecule has 0 aromatic heterocycles. The van der Waals surface area contributed by atoms with Gasteiger partial charge in [-0.25, -0.2) is 0 Å². The summed E-state index contributed by atoms with van der Waals surface area (Å²) in [5, 5.41) is 0. The van der Waals surface area contributed by atoms with Crippen molar-refractivity contribution in [2.24, 2.45) is 0 Å². The van der Waals surface area contributed by atoms with Gasteiger partial charge in [-0.05, 0) is 57.8 Å². The first-order valence-electron chi connectivity index (χ1n) is 21.0. The predicted octanol–water partition coefficient (Wildman–Crippen LogP) is 12.7. The van der Waals surface area contributed by atoms with Gasteiger partial charge in [-0.2, -0.15) is 0 Å². The van der Waals surface area contributed by atoms with E-state index in [1.54, 1.807) is 55.5 Å². The molecule has 0 aliphatic carbocycles. The van der Waals surface area contributed by atoms with Crippen LogP contribution in [0.25, 0.3) is 0 Å². The van der Waals surface area contributed by atoms with Crippen molar-refractivity contribution in [2.45, 2.75) is 178 Å². The fourth-order valence-electron chi connectivity index (χ4n) is 5.86. The number of hydrogen-bond acceptors (Lipinski definition) is 3. The third-order valence-electron chi connectivity index (χ3n) is 9.46. The maximum atomic E-state index is 9.70. The maximum absolute atomic E-state index is 9.70. The Labute approximate surface area is 309 Å².